The Morgan fingerprint density at radius 1 is 1.53 bits per heavy atom. The number of aliphatic carboxylic acids is 1. The largest absolute Gasteiger partial charge is 0.481 e. The summed E-state index contributed by atoms with van der Waals surface area (Å²) in [6, 6.07) is 6.22. The SMILES string of the molecule is CC(C(=O)O)c1cccc2ncn(C3CC3)c12. The van der Waals surface area contributed by atoms with Gasteiger partial charge in [-0.3, -0.25) is 4.79 Å². The number of carboxylic acids is 1. The molecule has 0 spiro atoms. The lowest BCUT2D eigenvalue weighted by atomic mass is 10.00. The van der Waals surface area contributed by atoms with Gasteiger partial charge in [0.15, 0.2) is 0 Å². The molecule has 88 valence electrons. The van der Waals surface area contributed by atoms with Crippen LogP contribution in [0.15, 0.2) is 24.5 Å². The van der Waals surface area contributed by atoms with Gasteiger partial charge in [0.1, 0.15) is 0 Å². The minimum absolute atomic E-state index is 0.493. The third kappa shape index (κ3) is 1.60. The molecule has 2 aromatic rings. The van der Waals surface area contributed by atoms with Crippen molar-refractivity contribution >= 4 is 17.0 Å². The molecule has 0 amide bonds. The number of hydrogen-bond acceptors (Lipinski definition) is 2. The van der Waals surface area contributed by atoms with E-state index in [4.69, 9.17) is 5.11 Å². The van der Waals surface area contributed by atoms with E-state index in [1.807, 2.05) is 24.5 Å². The van der Waals surface area contributed by atoms with Crippen molar-refractivity contribution in [3.63, 3.8) is 0 Å². The molecule has 4 nitrogen and oxygen atoms in total. The monoisotopic (exact) mass is 230 g/mol. The van der Waals surface area contributed by atoms with Crippen LogP contribution in [-0.4, -0.2) is 20.6 Å². The first-order valence-corrected chi connectivity index (χ1v) is 5.86. The maximum Gasteiger partial charge on any atom is 0.310 e. The highest BCUT2D eigenvalue weighted by Crippen LogP contribution is 2.38. The number of carbonyl (C=O) groups is 1. The highest BCUT2D eigenvalue weighted by molar-refractivity contribution is 5.86. The highest BCUT2D eigenvalue weighted by atomic mass is 16.4. The summed E-state index contributed by atoms with van der Waals surface area (Å²) in [7, 11) is 0. The van der Waals surface area contributed by atoms with Crippen molar-refractivity contribution in [3.05, 3.63) is 30.1 Å². The third-order valence-corrected chi connectivity index (χ3v) is 3.40. The van der Waals surface area contributed by atoms with E-state index in [0.29, 0.717) is 6.04 Å². The van der Waals surface area contributed by atoms with Gasteiger partial charge in [0.2, 0.25) is 0 Å². The maximum absolute atomic E-state index is 11.1. The van der Waals surface area contributed by atoms with Crippen LogP contribution >= 0.6 is 0 Å². The fourth-order valence-electron chi connectivity index (χ4n) is 2.23. The molecule has 1 fully saturated rings. The van der Waals surface area contributed by atoms with Crippen molar-refractivity contribution in [2.45, 2.75) is 31.7 Å². The summed E-state index contributed by atoms with van der Waals surface area (Å²) >= 11 is 0. The van der Waals surface area contributed by atoms with Gasteiger partial charge in [0.05, 0.1) is 23.3 Å². The summed E-state index contributed by atoms with van der Waals surface area (Å²) < 4.78 is 2.13. The Kier molecular flexibility index (Phi) is 2.18. The predicted molar refractivity (Wildman–Crippen MR) is 64.1 cm³/mol. The predicted octanol–water partition coefficient (Wildman–Crippen LogP) is 2.56. The van der Waals surface area contributed by atoms with Crippen LogP contribution in [0.2, 0.25) is 0 Å². The lowest BCUT2D eigenvalue weighted by Crippen LogP contribution is -2.09. The number of aromatic nitrogens is 2. The molecule has 0 saturated heterocycles. The van der Waals surface area contributed by atoms with Crippen LogP contribution in [0.25, 0.3) is 11.0 Å². The Bertz CT molecular complexity index is 584. The number of carboxylic acid groups (broad SMARTS) is 1. The van der Waals surface area contributed by atoms with E-state index >= 15 is 0 Å². The third-order valence-electron chi connectivity index (χ3n) is 3.40. The van der Waals surface area contributed by atoms with Crippen molar-refractivity contribution in [1.82, 2.24) is 9.55 Å². The Labute approximate surface area is 98.9 Å². The van der Waals surface area contributed by atoms with Crippen LogP contribution in [0.1, 0.15) is 37.3 Å². The summed E-state index contributed by atoms with van der Waals surface area (Å²) in [5.74, 6) is -1.28. The van der Waals surface area contributed by atoms with Gasteiger partial charge in [0.25, 0.3) is 0 Å². The number of para-hydroxylation sites is 1. The molecule has 4 heteroatoms. The van der Waals surface area contributed by atoms with E-state index in [2.05, 4.69) is 9.55 Å². The molecule has 1 unspecified atom stereocenters. The Balaban J connectivity index is 2.22. The molecular formula is C13H14N2O2. The number of hydrogen-bond donors (Lipinski definition) is 1. The van der Waals surface area contributed by atoms with E-state index in [-0.39, 0.29) is 0 Å². The zero-order valence-electron chi connectivity index (χ0n) is 9.63. The molecular weight excluding hydrogens is 216 g/mol. The summed E-state index contributed by atoms with van der Waals surface area (Å²) in [6.45, 7) is 1.72. The van der Waals surface area contributed by atoms with Crippen molar-refractivity contribution in [3.8, 4) is 0 Å². The average Bonchev–Trinajstić information content (AvgIpc) is 3.07. The van der Waals surface area contributed by atoms with Crippen molar-refractivity contribution < 1.29 is 9.90 Å². The molecule has 1 heterocycles. The second-order valence-electron chi connectivity index (χ2n) is 4.66. The normalized spacial score (nSPS) is 17.2. The summed E-state index contributed by atoms with van der Waals surface area (Å²) in [5, 5.41) is 9.15. The van der Waals surface area contributed by atoms with Gasteiger partial charge in [-0.15, -0.1) is 0 Å². The first kappa shape index (κ1) is 10.3. The maximum atomic E-state index is 11.1. The summed E-state index contributed by atoms with van der Waals surface area (Å²) in [5.41, 5.74) is 2.74. The Morgan fingerprint density at radius 2 is 2.29 bits per heavy atom. The molecule has 1 saturated carbocycles. The number of imidazole rings is 1. The second kappa shape index (κ2) is 3.58. The highest BCUT2D eigenvalue weighted by Gasteiger charge is 2.27. The first-order valence-electron chi connectivity index (χ1n) is 5.86. The molecule has 1 atom stereocenters. The zero-order valence-corrected chi connectivity index (χ0v) is 9.63. The zero-order chi connectivity index (χ0) is 12.0. The summed E-state index contributed by atoms with van der Waals surface area (Å²) in [4.78, 5) is 15.5. The smallest absolute Gasteiger partial charge is 0.310 e. The topological polar surface area (TPSA) is 55.1 Å². The molecule has 1 aromatic heterocycles. The number of rotatable bonds is 3. The quantitative estimate of drug-likeness (QED) is 0.881. The number of benzene rings is 1. The molecule has 3 rings (SSSR count). The van der Waals surface area contributed by atoms with E-state index in [1.54, 1.807) is 6.92 Å². The molecule has 0 bridgehead atoms. The van der Waals surface area contributed by atoms with Gasteiger partial charge in [-0.05, 0) is 31.4 Å². The van der Waals surface area contributed by atoms with Gasteiger partial charge in [-0.1, -0.05) is 12.1 Å². The van der Waals surface area contributed by atoms with Crippen LogP contribution in [0.4, 0.5) is 0 Å². The van der Waals surface area contributed by atoms with Gasteiger partial charge >= 0.3 is 5.97 Å². The molecule has 1 N–H and O–H groups in total. The molecule has 1 aromatic carbocycles. The van der Waals surface area contributed by atoms with Crippen molar-refractivity contribution in [2.24, 2.45) is 0 Å². The summed E-state index contributed by atoms with van der Waals surface area (Å²) in [6.07, 6.45) is 4.17. The number of fused-ring (bicyclic) bond motifs is 1. The van der Waals surface area contributed by atoms with Gasteiger partial charge in [-0.2, -0.15) is 0 Å². The molecule has 0 radical (unpaired) electrons. The van der Waals surface area contributed by atoms with Gasteiger partial charge in [0, 0.05) is 6.04 Å². The lowest BCUT2D eigenvalue weighted by molar-refractivity contribution is -0.138. The molecule has 1 aliphatic rings. The molecule has 0 aliphatic heterocycles. The lowest BCUT2D eigenvalue weighted by Gasteiger charge is -2.11. The second-order valence-corrected chi connectivity index (χ2v) is 4.66. The number of nitrogens with zero attached hydrogens (tertiary/aromatic N) is 2. The molecule has 1 aliphatic carbocycles. The minimum atomic E-state index is -0.791. The average molecular weight is 230 g/mol. The Hall–Kier alpha value is -1.84. The van der Waals surface area contributed by atoms with Crippen LogP contribution in [-0.2, 0) is 4.79 Å². The van der Waals surface area contributed by atoms with Crippen molar-refractivity contribution in [2.75, 3.05) is 0 Å². The minimum Gasteiger partial charge on any atom is -0.481 e. The van der Waals surface area contributed by atoms with E-state index < -0.39 is 11.9 Å². The Morgan fingerprint density at radius 3 is 2.94 bits per heavy atom. The van der Waals surface area contributed by atoms with E-state index in [1.165, 1.54) is 12.8 Å². The van der Waals surface area contributed by atoms with Gasteiger partial charge < -0.3 is 9.67 Å². The van der Waals surface area contributed by atoms with Crippen LogP contribution < -0.4 is 0 Å². The van der Waals surface area contributed by atoms with Crippen LogP contribution in [0, 0.1) is 0 Å². The standard InChI is InChI=1S/C13H14N2O2/c1-8(13(16)17)10-3-2-4-11-12(10)15(7-14-11)9-5-6-9/h2-4,7-9H,5-6H2,1H3,(H,16,17). The van der Waals surface area contributed by atoms with E-state index in [0.717, 1.165) is 16.6 Å². The fourth-order valence-corrected chi connectivity index (χ4v) is 2.23. The van der Waals surface area contributed by atoms with Crippen LogP contribution in [0.5, 0.6) is 0 Å². The van der Waals surface area contributed by atoms with Crippen LogP contribution in [0.3, 0.4) is 0 Å². The molecule has 17 heavy (non-hydrogen) atoms. The van der Waals surface area contributed by atoms with E-state index in [9.17, 15) is 4.79 Å². The fraction of sp³-hybridized carbons (Fsp3) is 0.385. The van der Waals surface area contributed by atoms with Crippen molar-refractivity contribution in [1.29, 1.82) is 0 Å². The van der Waals surface area contributed by atoms with Gasteiger partial charge in [-0.25, -0.2) is 4.98 Å². The first-order chi connectivity index (χ1) is 8.18.